The first-order chi connectivity index (χ1) is 13.6. The number of methoxy groups -OCH3 is 1. The van der Waals surface area contributed by atoms with Crippen LogP contribution in [0.1, 0.15) is 20.8 Å². The SMILES string of the molecule is COC(=O)[C@H]1O[C@H](O)[C@H](OC(C)=O)[C@@H](OC(C)=O)[C@@H]1OC(C)=O.NC(=O)C(Cl)(Cl)Cl. The lowest BCUT2D eigenvalue weighted by atomic mass is 9.98. The number of esters is 4. The second kappa shape index (κ2) is 12.1. The Morgan fingerprint density at radius 2 is 1.23 bits per heavy atom. The van der Waals surface area contributed by atoms with Gasteiger partial charge in [0.25, 0.3) is 9.70 Å². The zero-order chi connectivity index (χ0) is 23.8. The van der Waals surface area contributed by atoms with E-state index in [1.807, 2.05) is 0 Å². The molecule has 5 atom stereocenters. The molecule has 0 saturated carbocycles. The van der Waals surface area contributed by atoms with E-state index >= 15 is 0 Å². The molecule has 0 spiro atoms. The Morgan fingerprint density at radius 1 is 0.867 bits per heavy atom. The number of alkyl halides is 3. The first-order valence-electron chi connectivity index (χ1n) is 7.91. The summed E-state index contributed by atoms with van der Waals surface area (Å²) in [6, 6.07) is 0. The lowest BCUT2D eigenvalue weighted by Gasteiger charge is -2.41. The van der Waals surface area contributed by atoms with E-state index in [2.05, 4.69) is 10.5 Å². The highest BCUT2D eigenvalue weighted by atomic mass is 35.6. The Hall–Kier alpha value is -1.86. The minimum atomic E-state index is -1.94. The van der Waals surface area contributed by atoms with Crippen LogP contribution < -0.4 is 5.73 Å². The maximum Gasteiger partial charge on any atom is 0.339 e. The van der Waals surface area contributed by atoms with Gasteiger partial charge in [-0.25, -0.2) is 4.79 Å². The molecule has 1 aliphatic heterocycles. The van der Waals surface area contributed by atoms with Gasteiger partial charge in [0, 0.05) is 20.8 Å². The summed E-state index contributed by atoms with van der Waals surface area (Å²) in [6.45, 7) is 3.18. The van der Waals surface area contributed by atoms with Gasteiger partial charge in [-0.1, -0.05) is 34.8 Å². The fraction of sp³-hybridized carbons (Fsp3) is 0.667. The quantitative estimate of drug-likeness (QED) is 0.291. The van der Waals surface area contributed by atoms with Crippen molar-refractivity contribution in [2.45, 2.75) is 55.3 Å². The van der Waals surface area contributed by atoms with E-state index in [-0.39, 0.29) is 0 Å². The molecule has 0 aromatic heterocycles. The van der Waals surface area contributed by atoms with E-state index in [9.17, 15) is 29.1 Å². The van der Waals surface area contributed by atoms with Crippen LogP contribution in [-0.4, -0.2) is 76.5 Å². The van der Waals surface area contributed by atoms with Crippen LogP contribution in [0.15, 0.2) is 0 Å². The van der Waals surface area contributed by atoms with Crippen LogP contribution in [0.5, 0.6) is 0 Å². The summed E-state index contributed by atoms with van der Waals surface area (Å²) in [5, 5.41) is 9.93. The van der Waals surface area contributed by atoms with Gasteiger partial charge < -0.3 is 34.5 Å². The third-order valence-electron chi connectivity index (χ3n) is 3.13. The molecular weight excluding hydrogens is 477 g/mol. The molecule has 172 valence electrons. The molecule has 1 saturated heterocycles. The van der Waals surface area contributed by atoms with Crippen LogP contribution >= 0.6 is 34.8 Å². The summed E-state index contributed by atoms with van der Waals surface area (Å²) in [7, 11) is 1.06. The summed E-state index contributed by atoms with van der Waals surface area (Å²) < 4.78 is 22.4. The lowest BCUT2D eigenvalue weighted by Crippen LogP contribution is -2.63. The number of primary amides is 1. The van der Waals surface area contributed by atoms with E-state index < -0.39 is 64.3 Å². The number of halogens is 3. The van der Waals surface area contributed by atoms with Crippen molar-refractivity contribution in [3.63, 3.8) is 0 Å². The Labute approximate surface area is 185 Å². The van der Waals surface area contributed by atoms with Crippen molar-refractivity contribution >= 4 is 64.6 Å². The van der Waals surface area contributed by atoms with E-state index in [1.54, 1.807) is 0 Å². The molecule has 1 rings (SSSR count). The molecule has 12 nitrogen and oxygen atoms in total. The Bertz CT molecular complexity index is 667. The molecule has 0 aromatic carbocycles. The van der Waals surface area contributed by atoms with Gasteiger partial charge in [0.1, 0.15) is 0 Å². The van der Waals surface area contributed by atoms with Crippen molar-refractivity contribution in [1.82, 2.24) is 0 Å². The molecule has 0 aliphatic carbocycles. The van der Waals surface area contributed by atoms with Crippen LogP contribution in [0, 0.1) is 0 Å². The van der Waals surface area contributed by atoms with Crippen molar-refractivity contribution < 1.29 is 52.8 Å². The maximum atomic E-state index is 11.8. The number of aliphatic hydroxyl groups is 1. The topological polar surface area (TPSA) is 178 Å². The fourth-order valence-electron chi connectivity index (χ4n) is 2.10. The van der Waals surface area contributed by atoms with Crippen LogP contribution in [0.4, 0.5) is 0 Å². The van der Waals surface area contributed by atoms with Crippen molar-refractivity contribution in [1.29, 1.82) is 0 Å². The summed E-state index contributed by atoms with van der Waals surface area (Å²) in [5.74, 6) is -4.33. The lowest BCUT2D eigenvalue weighted by molar-refractivity contribution is -0.289. The second-order valence-corrected chi connectivity index (χ2v) is 7.84. The fourth-order valence-corrected chi connectivity index (χ4v) is 2.10. The number of ether oxygens (including phenoxy) is 5. The number of carbonyl (C=O) groups excluding carboxylic acids is 5. The maximum absolute atomic E-state index is 11.8. The number of carbonyl (C=O) groups is 5. The van der Waals surface area contributed by atoms with E-state index in [0.29, 0.717) is 0 Å². The number of hydrogen-bond acceptors (Lipinski definition) is 11. The number of nitrogens with two attached hydrogens (primary N) is 1. The number of amides is 1. The minimum Gasteiger partial charge on any atom is -0.467 e. The molecule has 1 amide bonds. The van der Waals surface area contributed by atoms with Gasteiger partial charge >= 0.3 is 23.9 Å². The first kappa shape index (κ1) is 28.1. The molecule has 0 aromatic rings. The highest BCUT2D eigenvalue weighted by Crippen LogP contribution is 2.28. The van der Waals surface area contributed by atoms with Crippen molar-refractivity contribution in [2.75, 3.05) is 7.11 Å². The Morgan fingerprint density at radius 3 is 1.57 bits per heavy atom. The largest absolute Gasteiger partial charge is 0.467 e. The van der Waals surface area contributed by atoms with Crippen LogP contribution in [0.3, 0.4) is 0 Å². The standard InChI is InChI=1S/C13H18O10.C2H2Cl3NO/c1-5(14)20-8-9(21-6(2)15)11(22-7(3)16)13(18)23-10(8)12(17)19-4;3-2(4,5)1(6)7/h8-11,13,18H,1-4H3;(H2,6,7)/t8-,9-,10-,11+,13-;/m0./s1. The zero-order valence-electron chi connectivity index (χ0n) is 16.1. The first-order valence-corrected chi connectivity index (χ1v) is 9.04. The van der Waals surface area contributed by atoms with Crippen molar-refractivity contribution in [2.24, 2.45) is 5.73 Å². The third-order valence-corrected chi connectivity index (χ3v) is 3.69. The zero-order valence-corrected chi connectivity index (χ0v) is 18.4. The average Bonchev–Trinajstić information content (AvgIpc) is 2.58. The summed E-state index contributed by atoms with van der Waals surface area (Å²) in [6.07, 6.45) is -7.75. The van der Waals surface area contributed by atoms with E-state index in [1.165, 1.54) is 0 Å². The van der Waals surface area contributed by atoms with Gasteiger partial charge in [-0.2, -0.15) is 0 Å². The van der Waals surface area contributed by atoms with Gasteiger partial charge in [-0.05, 0) is 0 Å². The molecule has 1 heterocycles. The molecule has 30 heavy (non-hydrogen) atoms. The monoisotopic (exact) mass is 495 g/mol. The molecule has 0 bridgehead atoms. The minimum absolute atomic E-state index is 0.798. The Balaban J connectivity index is 0.00000103. The average molecular weight is 497 g/mol. The molecule has 1 aliphatic rings. The molecule has 3 N–H and O–H groups in total. The smallest absolute Gasteiger partial charge is 0.339 e. The normalized spacial score (nSPS) is 25.7. The van der Waals surface area contributed by atoms with Gasteiger partial charge in [0.2, 0.25) is 0 Å². The number of aliphatic hydroxyl groups excluding tert-OH is 1. The molecule has 1 fully saturated rings. The summed E-state index contributed by atoms with van der Waals surface area (Å²) >= 11 is 14.8. The molecular formula is C15H20Cl3NO11. The number of rotatable bonds is 4. The predicted octanol–water partition coefficient (Wildman–Crippen LogP) is -0.486. The summed E-state index contributed by atoms with van der Waals surface area (Å²) in [5.41, 5.74) is 4.53. The number of hydrogen-bond donors (Lipinski definition) is 2. The molecule has 0 unspecified atom stereocenters. The van der Waals surface area contributed by atoms with Crippen LogP contribution in [0.2, 0.25) is 0 Å². The Kier molecular flexibility index (Phi) is 11.4. The molecule has 15 heteroatoms. The van der Waals surface area contributed by atoms with Crippen molar-refractivity contribution in [3.8, 4) is 0 Å². The van der Waals surface area contributed by atoms with Gasteiger partial charge in [0.05, 0.1) is 7.11 Å². The van der Waals surface area contributed by atoms with Gasteiger partial charge in [0.15, 0.2) is 30.7 Å². The third kappa shape index (κ3) is 9.30. The van der Waals surface area contributed by atoms with Gasteiger partial charge in [-0.3, -0.25) is 19.2 Å². The second-order valence-electron chi connectivity index (χ2n) is 5.55. The van der Waals surface area contributed by atoms with Crippen LogP contribution in [-0.2, 0) is 47.7 Å². The van der Waals surface area contributed by atoms with E-state index in [4.69, 9.17) is 53.8 Å². The summed E-state index contributed by atoms with van der Waals surface area (Å²) in [4.78, 5) is 55.3. The van der Waals surface area contributed by atoms with E-state index in [0.717, 1.165) is 27.9 Å². The highest BCUT2D eigenvalue weighted by molar-refractivity contribution is 6.76. The van der Waals surface area contributed by atoms with Crippen LogP contribution in [0.25, 0.3) is 0 Å². The molecule has 0 radical (unpaired) electrons. The predicted molar refractivity (Wildman–Crippen MR) is 99.0 cm³/mol. The highest BCUT2D eigenvalue weighted by Gasteiger charge is 2.54. The van der Waals surface area contributed by atoms with Gasteiger partial charge in [-0.15, -0.1) is 0 Å². The van der Waals surface area contributed by atoms with Crippen molar-refractivity contribution in [3.05, 3.63) is 0 Å².